The van der Waals surface area contributed by atoms with Crippen LogP contribution in [-0.4, -0.2) is 67.1 Å². The number of nitrogens with zero attached hydrogens (tertiary/aromatic N) is 1. The van der Waals surface area contributed by atoms with E-state index in [9.17, 15) is 13.2 Å². The van der Waals surface area contributed by atoms with Crippen molar-refractivity contribution in [3.63, 3.8) is 0 Å². The SMILES string of the molecule is COCCN(Cc1ccc(OC)c(OS(C)(=O)=O)c1)C(=O)c1cc(OC)cc(OC)c1. The third-order valence-corrected chi connectivity index (χ3v) is 4.78. The van der Waals surface area contributed by atoms with Crippen LogP contribution in [0.2, 0.25) is 0 Å². The van der Waals surface area contributed by atoms with Crippen molar-refractivity contribution in [3.8, 4) is 23.0 Å². The van der Waals surface area contributed by atoms with E-state index in [1.54, 1.807) is 42.3 Å². The minimum absolute atomic E-state index is 0.0460. The van der Waals surface area contributed by atoms with Gasteiger partial charge in [0.1, 0.15) is 11.5 Å². The van der Waals surface area contributed by atoms with E-state index in [-0.39, 0.29) is 24.0 Å². The molecule has 9 nitrogen and oxygen atoms in total. The van der Waals surface area contributed by atoms with E-state index in [0.717, 1.165) is 6.26 Å². The summed E-state index contributed by atoms with van der Waals surface area (Å²) in [6.45, 7) is 0.810. The van der Waals surface area contributed by atoms with Crippen LogP contribution in [0.25, 0.3) is 0 Å². The maximum absolute atomic E-state index is 13.2. The van der Waals surface area contributed by atoms with Crippen LogP contribution in [0.1, 0.15) is 15.9 Å². The van der Waals surface area contributed by atoms with Gasteiger partial charge in [0.05, 0.1) is 34.2 Å². The molecule has 1 amide bonds. The summed E-state index contributed by atoms with van der Waals surface area (Å²) in [6, 6.07) is 9.76. The van der Waals surface area contributed by atoms with Gasteiger partial charge in [0.25, 0.3) is 5.91 Å². The van der Waals surface area contributed by atoms with E-state index in [2.05, 4.69) is 0 Å². The van der Waals surface area contributed by atoms with Crippen molar-refractivity contribution in [3.05, 3.63) is 47.5 Å². The van der Waals surface area contributed by atoms with Crippen LogP contribution in [0.5, 0.6) is 23.0 Å². The van der Waals surface area contributed by atoms with E-state index in [1.807, 2.05) is 0 Å². The lowest BCUT2D eigenvalue weighted by molar-refractivity contribution is 0.0679. The largest absolute Gasteiger partial charge is 0.497 e. The quantitative estimate of drug-likeness (QED) is 0.478. The van der Waals surface area contributed by atoms with Crippen molar-refractivity contribution in [2.45, 2.75) is 6.54 Å². The molecule has 2 aromatic carbocycles. The van der Waals surface area contributed by atoms with Gasteiger partial charge in [-0.25, -0.2) is 0 Å². The third-order valence-electron chi connectivity index (χ3n) is 4.29. The number of ether oxygens (including phenoxy) is 4. The first-order chi connectivity index (χ1) is 14.7. The Morgan fingerprint density at radius 3 is 2.06 bits per heavy atom. The van der Waals surface area contributed by atoms with Crippen LogP contribution < -0.4 is 18.4 Å². The number of amides is 1. The number of benzene rings is 2. The minimum Gasteiger partial charge on any atom is -0.497 e. The molecule has 0 spiro atoms. The zero-order chi connectivity index (χ0) is 23.0. The Balaban J connectivity index is 2.37. The molecule has 0 fully saturated rings. The van der Waals surface area contributed by atoms with Gasteiger partial charge in [0.2, 0.25) is 0 Å². The standard InChI is InChI=1S/C21H27NO8S/c1-26-9-8-22(21(23)16-11-17(27-2)13-18(12-16)28-3)14-15-6-7-19(29-4)20(10-15)30-31(5,24)25/h6-7,10-13H,8-9,14H2,1-5H3. The predicted octanol–water partition coefficient (Wildman–Crippen LogP) is 2.34. The highest BCUT2D eigenvalue weighted by Gasteiger charge is 2.20. The first kappa shape index (κ1) is 24.3. The fraction of sp³-hybridized carbons (Fsp3) is 0.381. The predicted molar refractivity (Wildman–Crippen MR) is 115 cm³/mol. The molecule has 0 aliphatic heterocycles. The zero-order valence-electron chi connectivity index (χ0n) is 18.2. The normalized spacial score (nSPS) is 11.0. The average Bonchev–Trinajstić information content (AvgIpc) is 2.74. The minimum atomic E-state index is -3.75. The summed E-state index contributed by atoms with van der Waals surface area (Å²) >= 11 is 0. The van der Waals surface area contributed by atoms with Gasteiger partial charge in [-0.05, 0) is 29.8 Å². The van der Waals surface area contributed by atoms with E-state index < -0.39 is 10.1 Å². The number of hydrogen-bond acceptors (Lipinski definition) is 8. The van der Waals surface area contributed by atoms with Gasteiger partial charge < -0.3 is 28.0 Å². The molecule has 0 atom stereocenters. The molecule has 0 aromatic heterocycles. The molecule has 10 heteroatoms. The summed E-state index contributed by atoms with van der Waals surface area (Å²) in [4.78, 5) is 14.8. The highest BCUT2D eigenvalue weighted by atomic mass is 32.2. The molecule has 0 saturated heterocycles. The molecule has 0 heterocycles. The number of hydrogen-bond donors (Lipinski definition) is 0. The van der Waals surface area contributed by atoms with Gasteiger partial charge in [-0.2, -0.15) is 8.42 Å². The Hall–Kier alpha value is -2.98. The molecular weight excluding hydrogens is 426 g/mol. The van der Waals surface area contributed by atoms with Gasteiger partial charge in [0.15, 0.2) is 11.5 Å². The van der Waals surface area contributed by atoms with Crippen molar-refractivity contribution in [2.75, 3.05) is 47.8 Å². The van der Waals surface area contributed by atoms with Gasteiger partial charge in [0, 0.05) is 31.8 Å². The third kappa shape index (κ3) is 7.04. The lowest BCUT2D eigenvalue weighted by atomic mass is 10.1. The zero-order valence-corrected chi connectivity index (χ0v) is 19.0. The maximum Gasteiger partial charge on any atom is 0.306 e. The molecule has 0 saturated carbocycles. The molecule has 0 bridgehead atoms. The van der Waals surface area contributed by atoms with Crippen LogP contribution in [0.4, 0.5) is 0 Å². The first-order valence-electron chi connectivity index (χ1n) is 9.28. The monoisotopic (exact) mass is 453 g/mol. The Bertz CT molecular complexity index is 984. The summed E-state index contributed by atoms with van der Waals surface area (Å²) in [5, 5.41) is 0. The highest BCUT2D eigenvalue weighted by Crippen LogP contribution is 2.30. The Morgan fingerprint density at radius 1 is 0.903 bits per heavy atom. The van der Waals surface area contributed by atoms with E-state index in [1.165, 1.54) is 27.4 Å². The number of carbonyl (C=O) groups is 1. The van der Waals surface area contributed by atoms with E-state index in [0.29, 0.717) is 35.8 Å². The molecule has 2 aromatic rings. The molecule has 0 unspecified atom stereocenters. The fourth-order valence-corrected chi connectivity index (χ4v) is 3.29. The second-order valence-corrected chi connectivity index (χ2v) is 8.17. The van der Waals surface area contributed by atoms with Crippen molar-refractivity contribution in [1.82, 2.24) is 4.90 Å². The van der Waals surface area contributed by atoms with E-state index in [4.69, 9.17) is 23.1 Å². The van der Waals surface area contributed by atoms with Gasteiger partial charge >= 0.3 is 10.1 Å². The van der Waals surface area contributed by atoms with Gasteiger partial charge in [-0.3, -0.25) is 4.79 Å². The summed E-state index contributed by atoms with van der Waals surface area (Å²) in [7, 11) is 2.22. The molecular formula is C21H27NO8S. The molecule has 2 rings (SSSR count). The van der Waals surface area contributed by atoms with E-state index >= 15 is 0 Å². The summed E-state index contributed by atoms with van der Waals surface area (Å²) in [5.41, 5.74) is 1.03. The van der Waals surface area contributed by atoms with Crippen molar-refractivity contribution >= 4 is 16.0 Å². The Kier molecular flexibility index (Phi) is 8.52. The van der Waals surface area contributed by atoms with Crippen LogP contribution in [0, 0.1) is 0 Å². The Labute approximate surface area is 182 Å². The van der Waals surface area contributed by atoms with Crippen molar-refractivity contribution in [1.29, 1.82) is 0 Å². The Morgan fingerprint density at radius 2 is 1.55 bits per heavy atom. The van der Waals surface area contributed by atoms with Crippen molar-refractivity contribution in [2.24, 2.45) is 0 Å². The average molecular weight is 454 g/mol. The summed E-state index contributed by atoms with van der Waals surface area (Å²) in [6.07, 6.45) is 0.948. The first-order valence-corrected chi connectivity index (χ1v) is 11.1. The molecule has 0 aliphatic carbocycles. The topological polar surface area (TPSA) is 101 Å². The fourth-order valence-electron chi connectivity index (χ4n) is 2.84. The van der Waals surface area contributed by atoms with Gasteiger partial charge in [-0.1, -0.05) is 6.07 Å². The lowest BCUT2D eigenvalue weighted by Crippen LogP contribution is -2.33. The van der Waals surface area contributed by atoms with Crippen LogP contribution in [0.3, 0.4) is 0 Å². The maximum atomic E-state index is 13.2. The number of carbonyl (C=O) groups excluding carboxylic acids is 1. The van der Waals surface area contributed by atoms with Crippen LogP contribution in [0.15, 0.2) is 36.4 Å². The lowest BCUT2D eigenvalue weighted by Gasteiger charge is -2.23. The number of methoxy groups -OCH3 is 4. The van der Waals surface area contributed by atoms with Crippen LogP contribution >= 0.6 is 0 Å². The smallest absolute Gasteiger partial charge is 0.306 e. The van der Waals surface area contributed by atoms with Crippen LogP contribution in [-0.2, 0) is 21.4 Å². The molecule has 31 heavy (non-hydrogen) atoms. The van der Waals surface area contributed by atoms with Crippen molar-refractivity contribution < 1.29 is 36.3 Å². The van der Waals surface area contributed by atoms with Gasteiger partial charge in [-0.15, -0.1) is 0 Å². The molecule has 0 radical (unpaired) electrons. The molecule has 0 N–H and O–H groups in total. The highest BCUT2D eigenvalue weighted by molar-refractivity contribution is 7.86. The second kappa shape index (κ2) is 10.9. The summed E-state index contributed by atoms with van der Waals surface area (Å²) in [5.74, 6) is 1.02. The summed E-state index contributed by atoms with van der Waals surface area (Å²) < 4.78 is 49.0. The second-order valence-electron chi connectivity index (χ2n) is 6.59. The molecule has 170 valence electrons. The number of rotatable bonds is 11. The molecule has 0 aliphatic rings.